The lowest BCUT2D eigenvalue weighted by Gasteiger charge is -1.97. The molecule has 0 saturated carbocycles. The van der Waals surface area contributed by atoms with Crippen LogP contribution in [0.15, 0.2) is 11.4 Å². The minimum absolute atomic E-state index is 0.0755. The standard InChI is InChI=1S/C8H11NOS/c1-6-7(3-4-11-6)5-8(10)9-2/h3-4H,5H2,1-2H3,(H,9,10). The second kappa shape index (κ2) is 3.53. The van der Waals surface area contributed by atoms with Gasteiger partial charge in [-0.2, -0.15) is 0 Å². The second-order valence-electron chi connectivity index (χ2n) is 2.35. The Kier molecular flexibility index (Phi) is 2.65. The van der Waals surface area contributed by atoms with Crippen LogP contribution in [0, 0.1) is 6.92 Å². The van der Waals surface area contributed by atoms with Gasteiger partial charge in [0.1, 0.15) is 0 Å². The summed E-state index contributed by atoms with van der Waals surface area (Å²) in [4.78, 5) is 12.2. The summed E-state index contributed by atoms with van der Waals surface area (Å²) in [5.41, 5.74) is 1.13. The summed E-state index contributed by atoms with van der Waals surface area (Å²) in [5.74, 6) is 0.0755. The van der Waals surface area contributed by atoms with Crippen LogP contribution in [0.3, 0.4) is 0 Å². The fourth-order valence-corrected chi connectivity index (χ4v) is 1.58. The molecule has 0 aliphatic carbocycles. The zero-order valence-electron chi connectivity index (χ0n) is 6.68. The van der Waals surface area contributed by atoms with Gasteiger partial charge >= 0.3 is 0 Å². The maximum absolute atomic E-state index is 10.9. The van der Waals surface area contributed by atoms with Crippen LogP contribution < -0.4 is 5.32 Å². The average molecular weight is 169 g/mol. The first-order chi connectivity index (χ1) is 5.24. The van der Waals surface area contributed by atoms with Crippen molar-refractivity contribution in [3.8, 4) is 0 Å². The van der Waals surface area contributed by atoms with E-state index < -0.39 is 0 Å². The molecule has 2 nitrogen and oxygen atoms in total. The number of likely N-dealkylation sites (N-methyl/N-ethyl adjacent to an activating group) is 1. The average Bonchev–Trinajstić information content (AvgIpc) is 2.37. The number of carbonyl (C=O) groups excluding carboxylic acids is 1. The summed E-state index contributed by atoms with van der Waals surface area (Å²) in [6, 6.07) is 2.00. The third-order valence-corrected chi connectivity index (χ3v) is 2.48. The molecule has 0 spiro atoms. The molecule has 1 aromatic heterocycles. The number of hydrogen-bond acceptors (Lipinski definition) is 2. The number of nitrogens with one attached hydrogen (secondary N) is 1. The fourth-order valence-electron chi connectivity index (χ4n) is 0.856. The normalized spacial score (nSPS) is 9.64. The molecular formula is C8H11NOS. The maximum atomic E-state index is 10.9. The van der Waals surface area contributed by atoms with Crippen LogP contribution in [0.2, 0.25) is 0 Å². The molecule has 0 radical (unpaired) electrons. The Morgan fingerprint density at radius 2 is 2.45 bits per heavy atom. The Morgan fingerprint density at radius 3 is 2.91 bits per heavy atom. The van der Waals surface area contributed by atoms with E-state index in [1.165, 1.54) is 4.88 Å². The number of amides is 1. The van der Waals surface area contributed by atoms with E-state index in [0.717, 1.165) is 5.56 Å². The molecule has 0 unspecified atom stereocenters. The monoisotopic (exact) mass is 169 g/mol. The van der Waals surface area contributed by atoms with Gasteiger partial charge in [0.2, 0.25) is 5.91 Å². The van der Waals surface area contributed by atoms with E-state index in [1.54, 1.807) is 18.4 Å². The Labute approximate surface area is 70.2 Å². The van der Waals surface area contributed by atoms with Gasteiger partial charge in [0.25, 0.3) is 0 Å². The predicted molar refractivity (Wildman–Crippen MR) is 46.8 cm³/mol. The van der Waals surface area contributed by atoms with E-state index in [1.807, 2.05) is 18.4 Å². The van der Waals surface area contributed by atoms with Gasteiger partial charge in [0, 0.05) is 11.9 Å². The van der Waals surface area contributed by atoms with Gasteiger partial charge in [-0.15, -0.1) is 11.3 Å². The van der Waals surface area contributed by atoms with Crippen molar-refractivity contribution >= 4 is 17.2 Å². The first kappa shape index (κ1) is 8.27. The molecule has 0 fully saturated rings. The molecule has 1 amide bonds. The van der Waals surface area contributed by atoms with E-state index in [4.69, 9.17) is 0 Å². The second-order valence-corrected chi connectivity index (χ2v) is 3.47. The highest BCUT2D eigenvalue weighted by Gasteiger charge is 2.03. The smallest absolute Gasteiger partial charge is 0.224 e. The van der Waals surface area contributed by atoms with E-state index in [2.05, 4.69) is 5.32 Å². The lowest BCUT2D eigenvalue weighted by Crippen LogP contribution is -2.19. The summed E-state index contributed by atoms with van der Waals surface area (Å²) >= 11 is 1.68. The van der Waals surface area contributed by atoms with Crippen LogP contribution in [0.1, 0.15) is 10.4 Å². The van der Waals surface area contributed by atoms with Crippen LogP contribution in [0.5, 0.6) is 0 Å². The van der Waals surface area contributed by atoms with E-state index in [9.17, 15) is 4.79 Å². The molecule has 3 heteroatoms. The van der Waals surface area contributed by atoms with Crippen molar-refractivity contribution in [3.05, 3.63) is 21.9 Å². The van der Waals surface area contributed by atoms with Gasteiger partial charge in [-0.25, -0.2) is 0 Å². The summed E-state index contributed by atoms with van der Waals surface area (Å²) < 4.78 is 0. The summed E-state index contributed by atoms with van der Waals surface area (Å²) in [7, 11) is 1.66. The van der Waals surface area contributed by atoms with Gasteiger partial charge in [0.15, 0.2) is 0 Å². The topological polar surface area (TPSA) is 29.1 Å². The van der Waals surface area contributed by atoms with Crippen molar-refractivity contribution in [2.24, 2.45) is 0 Å². The van der Waals surface area contributed by atoms with Crippen LogP contribution >= 0.6 is 11.3 Å². The molecule has 0 aliphatic rings. The number of thiophene rings is 1. The molecule has 0 aromatic carbocycles. The third-order valence-electron chi connectivity index (χ3n) is 1.60. The quantitative estimate of drug-likeness (QED) is 0.711. The molecule has 0 aliphatic heterocycles. The van der Waals surface area contributed by atoms with Crippen LogP contribution in [-0.4, -0.2) is 13.0 Å². The number of aryl methyl sites for hydroxylation is 1. The van der Waals surface area contributed by atoms with Crippen molar-refractivity contribution in [2.75, 3.05) is 7.05 Å². The van der Waals surface area contributed by atoms with Gasteiger partial charge in [-0.3, -0.25) is 4.79 Å². The van der Waals surface area contributed by atoms with Crippen LogP contribution in [0.4, 0.5) is 0 Å². The Morgan fingerprint density at radius 1 is 1.73 bits per heavy atom. The van der Waals surface area contributed by atoms with Crippen molar-refractivity contribution in [3.63, 3.8) is 0 Å². The highest BCUT2D eigenvalue weighted by atomic mass is 32.1. The number of rotatable bonds is 2. The molecule has 1 N–H and O–H groups in total. The van der Waals surface area contributed by atoms with Crippen molar-refractivity contribution < 1.29 is 4.79 Å². The number of hydrogen-bond donors (Lipinski definition) is 1. The molecule has 1 rings (SSSR count). The lowest BCUT2D eigenvalue weighted by molar-refractivity contribution is -0.119. The molecule has 11 heavy (non-hydrogen) atoms. The summed E-state index contributed by atoms with van der Waals surface area (Å²) in [6.07, 6.45) is 0.506. The highest BCUT2D eigenvalue weighted by molar-refractivity contribution is 7.10. The SMILES string of the molecule is CNC(=O)Cc1ccsc1C. The molecular weight excluding hydrogens is 158 g/mol. The lowest BCUT2D eigenvalue weighted by atomic mass is 10.2. The minimum Gasteiger partial charge on any atom is -0.359 e. The van der Waals surface area contributed by atoms with Gasteiger partial charge < -0.3 is 5.32 Å². The maximum Gasteiger partial charge on any atom is 0.224 e. The van der Waals surface area contributed by atoms with Gasteiger partial charge in [-0.1, -0.05) is 0 Å². The van der Waals surface area contributed by atoms with Crippen LogP contribution in [-0.2, 0) is 11.2 Å². The van der Waals surface area contributed by atoms with Crippen molar-refractivity contribution in [1.29, 1.82) is 0 Å². The first-order valence-corrected chi connectivity index (χ1v) is 4.35. The fraction of sp³-hybridized carbons (Fsp3) is 0.375. The molecule has 0 saturated heterocycles. The molecule has 0 bridgehead atoms. The van der Waals surface area contributed by atoms with E-state index in [-0.39, 0.29) is 5.91 Å². The first-order valence-electron chi connectivity index (χ1n) is 3.47. The van der Waals surface area contributed by atoms with Crippen molar-refractivity contribution in [2.45, 2.75) is 13.3 Å². The third kappa shape index (κ3) is 2.05. The zero-order valence-corrected chi connectivity index (χ0v) is 7.49. The van der Waals surface area contributed by atoms with Crippen LogP contribution in [0.25, 0.3) is 0 Å². The zero-order chi connectivity index (χ0) is 8.27. The minimum atomic E-state index is 0.0755. The van der Waals surface area contributed by atoms with E-state index in [0.29, 0.717) is 6.42 Å². The largest absolute Gasteiger partial charge is 0.359 e. The molecule has 0 atom stereocenters. The summed E-state index contributed by atoms with van der Waals surface area (Å²) in [6.45, 7) is 2.03. The molecule has 1 aromatic rings. The van der Waals surface area contributed by atoms with Crippen molar-refractivity contribution in [1.82, 2.24) is 5.32 Å². The van der Waals surface area contributed by atoms with Gasteiger partial charge in [-0.05, 0) is 23.9 Å². The molecule has 1 heterocycles. The van der Waals surface area contributed by atoms with E-state index >= 15 is 0 Å². The molecule has 60 valence electrons. The highest BCUT2D eigenvalue weighted by Crippen LogP contribution is 2.14. The Bertz CT molecular complexity index is 254. The Hall–Kier alpha value is -0.830. The Balaban J connectivity index is 2.64. The van der Waals surface area contributed by atoms with Gasteiger partial charge in [0.05, 0.1) is 6.42 Å². The number of carbonyl (C=O) groups is 1. The predicted octanol–water partition coefficient (Wildman–Crippen LogP) is 1.35. The summed E-state index contributed by atoms with van der Waals surface area (Å²) in [5, 5.41) is 4.60.